The molecule has 0 bridgehead atoms. The summed E-state index contributed by atoms with van der Waals surface area (Å²) in [4.78, 5) is 14.6. The molecule has 2 aromatic heterocycles. The van der Waals surface area contributed by atoms with Crippen molar-refractivity contribution < 1.29 is 0 Å². The third-order valence-electron chi connectivity index (χ3n) is 1.94. The zero-order valence-electron chi connectivity index (χ0n) is 7.78. The molecule has 8 nitrogen and oxygen atoms in total. The molecule has 0 aromatic carbocycles. The topological polar surface area (TPSA) is 118 Å². The zero-order chi connectivity index (χ0) is 10.7. The van der Waals surface area contributed by atoms with E-state index in [4.69, 9.17) is 11.3 Å². The Kier molecular flexibility index (Phi) is 2.34. The van der Waals surface area contributed by atoms with Crippen molar-refractivity contribution in [2.45, 2.75) is 6.54 Å². The first-order valence-corrected chi connectivity index (χ1v) is 4.25. The van der Waals surface area contributed by atoms with E-state index in [0.717, 1.165) is 0 Å². The number of aromatic nitrogens is 4. The average Bonchev–Trinajstić information content (AvgIpc) is 2.63. The maximum Gasteiger partial charge on any atom is 0.182 e. The van der Waals surface area contributed by atoms with E-state index in [9.17, 15) is 0 Å². The second-order valence-corrected chi connectivity index (χ2v) is 2.82. The summed E-state index contributed by atoms with van der Waals surface area (Å²) in [5.41, 5.74) is 15.1. The fourth-order valence-corrected chi connectivity index (χ4v) is 1.30. The van der Waals surface area contributed by atoms with Gasteiger partial charge in [-0.15, -0.1) is 0 Å². The predicted octanol–water partition coefficient (Wildman–Crippen LogP) is 0.719. The zero-order valence-corrected chi connectivity index (χ0v) is 7.78. The minimum atomic E-state index is 0.344. The lowest BCUT2D eigenvalue weighted by atomic mass is 10.5. The third kappa shape index (κ3) is 1.65. The summed E-state index contributed by atoms with van der Waals surface area (Å²) in [6.07, 6.45) is 2.96. The van der Waals surface area contributed by atoms with E-state index in [-0.39, 0.29) is 0 Å². The Labute approximate surface area is 84.4 Å². The number of rotatable bonds is 3. The Bertz CT molecular complexity index is 523. The lowest BCUT2D eigenvalue weighted by Crippen LogP contribution is -2.02. The van der Waals surface area contributed by atoms with Gasteiger partial charge >= 0.3 is 0 Å². The highest BCUT2D eigenvalue weighted by molar-refractivity contribution is 5.81. The molecule has 0 saturated heterocycles. The number of nitrogens with two attached hydrogens (primary N) is 1. The van der Waals surface area contributed by atoms with Gasteiger partial charge in [-0.1, -0.05) is 5.11 Å². The van der Waals surface area contributed by atoms with Gasteiger partial charge < -0.3 is 10.3 Å². The van der Waals surface area contributed by atoms with Crippen LogP contribution in [0.2, 0.25) is 0 Å². The number of anilines is 1. The number of hydrogen-bond acceptors (Lipinski definition) is 5. The van der Waals surface area contributed by atoms with Gasteiger partial charge in [-0.3, -0.25) is 0 Å². The van der Waals surface area contributed by atoms with E-state index >= 15 is 0 Å². The van der Waals surface area contributed by atoms with Crippen molar-refractivity contribution in [1.82, 2.24) is 19.5 Å². The van der Waals surface area contributed by atoms with E-state index in [2.05, 4.69) is 25.0 Å². The van der Waals surface area contributed by atoms with Crippen LogP contribution in [-0.2, 0) is 6.54 Å². The highest BCUT2D eigenvalue weighted by Gasteiger charge is 2.06. The van der Waals surface area contributed by atoms with Crippen LogP contribution >= 0.6 is 0 Å². The van der Waals surface area contributed by atoms with E-state index < -0.39 is 0 Å². The molecule has 0 aliphatic carbocycles. The molecule has 0 unspecified atom stereocenters. The lowest BCUT2D eigenvalue weighted by Gasteiger charge is -2.01. The van der Waals surface area contributed by atoms with Crippen LogP contribution in [0.4, 0.5) is 5.82 Å². The maximum absolute atomic E-state index is 8.15. The van der Waals surface area contributed by atoms with Crippen LogP contribution < -0.4 is 5.73 Å². The molecule has 76 valence electrons. The Morgan fingerprint density at radius 1 is 1.47 bits per heavy atom. The van der Waals surface area contributed by atoms with Crippen molar-refractivity contribution in [3.05, 3.63) is 23.1 Å². The van der Waals surface area contributed by atoms with E-state index in [0.29, 0.717) is 30.1 Å². The van der Waals surface area contributed by atoms with Gasteiger partial charge in [0.15, 0.2) is 11.5 Å². The fourth-order valence-electron chi connectivity index (χ4n) is 1.30. The number of imidazole rings is 1. The summed E-state index contributed by atoms with van der Waals surface area (Å²) in [6, 6.07) is 0. The summed E-state index contributed by atoms with van der Waals surface area (Å²) in [7, 11) is 0. The molecule has 0 atom stereocenters. The molecule has 2 aromatic rings. The predicted molar refractivity (Wildman–Crippen MR) is 53.7 cm³/mol. The van der Waals surface area contributed by atoms with Crippen LogP contribution in [0.1, 0.15) is 0 Å². The Balaban J connectivity index is 2.39. The number of nitrogens with zero attached hydrogens (tertiary/aromatic N) is 7. The number of nitrogen functional groups attached to an aromatic ring is 1. The quantitative estimate of drug-likeness (QED) is 0.450. The minimum absolute atomic E-state index is 0.344. The first-order chi connectivity index (χ1) is 7.33. The fraction of sp³-hybridized carbons (Fsp3) is 0.286. The van der Waals surface area contributed by atoms with Crippen LogP contribution in [0.15, 0.2) is 17.8 Å². The molecule has 0 saturated carbocycles. The molecule has 2 N–H and O–H groups in total. The second kappa shape index (κ2) is 3.81. The lowest BCUT2D eigenvalue weighted by molar-refractivity contribution is 0.725. The van der Waals surface area contributed by atoms with Crippen LogP contribution in [0.3, 0.4) is 0 Å². The number of hydrogen-bond donors (Lipinski definition) is 1. The minimum Gasteiger partial charge on any atom is -0.382 e. The highest BCUT2D eigenvalue weighted by Crippen LogP contribution is 2.14. The maximum atomic E-state index is 8.15. The van der Waals surface area contributed by atoms with Crippen molar-refractivity contribution in [2.24, 2.45) is 5.11 Å². The van der Waals surface area contributed by atoms with Gasteiger partial charge in [-0.2, -0.15) is 0 Å². The largest absolute Gasteiger partial charge is 0.382 e. The Morgan fingerprint density at radius 2 is 2.33 bits per heavy atom. The van der Waals surface area contributed by atoms with E-state index in [1.54, 1.807) is 10.9 Å². The van der Waals surface area contributed by atoms with Gasteiger partial charge in [0.05, 0.1) is 6.33 Å². The molecular formula is C7H8N8. The normalized spacial score (nSPS) is 10.1. The first-order valence-electron chi connectivity index (χ1n) is 4.25. The Hall–Kier alpha value is -2.34. The van der Waals surface area contributed by atoms with E-state index in [1.165, 1.54) is 6.33 Å². The summed E-state index contributed by atoms with van der Waals surface area (Å²) >= 11 is 0. The monoisotopic (exact) mass is 204 g/mol. The molecule has 2 rings (SSSR count). The van der Waals surface area contributed by atoms with Gasteiger partial charge in [0.25, 0.3) is 0 Å². The molecule has 0 aliphatic rings. The smallest absolute Gasteiger partial charge is 0.182 e. The molecule has 15 heavy (non-hydrogen) atoms. The van der Waals surface area contributed by atoms with Gasteiger partial charge in [-0.05, 0) is 5.53 Å². The standard InChI is InChI=1S/C7H8N8/c8-6-5-7(11-3-10-6)12-4-15(5)2-1-13-14-9/h3-4H,1-2H2,(H2,8,10,11). The molecule has 0 fully saturated rings. The van der Waals surface area contributed by atoms with E-state index in [1.807, 2.05) is 0 Å². The molecular weight excluding hydrogens is 196 g/mol. The summed E-state index contributed by atoms with van der Waals surface area (Å²) in [6.45, 7) is 0.856. The van der Waals surface area contributed by atoms with Gasteiger partial charge in [0.2, 0.25) is 0 Å². The van der Waals surface area contributed by atoms with Crippen LogP contribution in [0, 0.1) is 0 Å². The number of fused-ring (bicyclic) bond motifs is 1. The highest BCUT2D eigenvalue weighted by atomic mass is 15.2. The summed E-state index contributed by atoms with van der Waals surface area (Å²) in [5.74, 6) is 0.374. The summed E-state index contributed by atoms with van der Waals surface area (Å²) in [5, 5.41) is 3.43. The SMILES string of the molecule is [N-]=[N+]=NCCn1cnc2ncnc(N)c21. The van der Waals surface area contributed by atoms with Gasteiger partial charge in [0, 0.05) is 18.0 Å². The van der Waals surface area contributed by atoms with Crippen molar-refractivity contribution >= 4 is 17.0 Å². The van der Waals surface area contributed by atoms with Crippen LogP contribution in [0.5, 0.6) is 0 Å². The van der Waals surface area contributed by atoms with Crippen molar-refractivity contribution in [3.63, 3.8) is 0 Å². The van der Waals surface area contributed by atoms with Crippen molar-refractivity contribution in [1.29, 1.82) is 0 Å². The van der Waals surface area contributed by atoms with Gasteiger partial charge in [0.1, 0.15) is 11.8 Å². The molecule has 0 aliphatic heterocycles. The van der Waals surface area contributed by atoms with Crippen molar-refractivity contribution in [2.75, 3.05) is 12.3 Å². The number of azide groups is 1. The summed E-state index contributed by atoms with van der Waals surface area (Å²) < 4.78 is 1.76. The molecule has 0 amide bonds. The molecule has 0 radical (unpaired) electrons. The van der Waals surface area contributed by atoms with Gasteiger partial charge in [-0.25, -0.2) is 15.0 Å². The van der Waals surface area contributed by atoms with Crippen LogP contribution in [-0.4, -0.2) is 26.1 Å². The van der Waals surface area contributed by atoms with Crippen LogP contribution in [0.25, 0.3) is 21.6 Å². The molecule has 8 heteroatoms. The molecule has 0 spiro atoms. The average molecular weight is 204 g/mol. The third-order valence-corrected chi connectivity index (χ3v) is 1.94. The first kappa shape index (κ1) is 9.22. The van der Waals surface area contributed by atoms with Crippen molar-refractivity contribution in [3.8, 4) is 0 Å². The Morgan fingerprint density at radius 3 is 3.13 bits per heavy atom. The second-order valence-electron chi connectivity index (χ2n) is 2.82. The molecule has 2 heterocycles.